The molecule has 0 aromatic carbocycles. The number of pyridine rings is 1. The smallest absolute Gasteiger partial charge is 0.261 e. The summed E-state index contributed by atoms with van der Waals surface area (Å²) >= 11 is 0. The highest BCUT2D eigenvalue weighted by molar-refractivity contribution is 5.76. The monoisotopic (exact) mass is 519 g/mol. The van der Waals surface area contributed by atoms with Gasteiger partial charge >= 0.3 is 0 Å². The molecule has 0 saturated carbocycles. The van der Waals surface area contributed by atoms with E-state index in [1.807, 2.05) is 39.1 Å². The second-order valence-corrected chi connectivity index (χ2v) is 10.6. The van der Waals surface area contributed by atoms with Crippen LogP contribution in [-0.2, 0) is 16.8 Å². The second kappa shape index (κ2) is 10.7. The molecule has 0 unspecified atom stereocenters. The number of hydrogen-bond acceptors (Lipinski definition) is 9. The summed E-state index contributed by atoms with van der Waals surface area (Å²) in [5.74, 6) is 1.20. The van der Waals surface area contributed by atoms with Crippen molar-refractivity contribution in [2.45, 2.75) is 66.5 Å². The first-order valence-electron chi connectivity index (χ1n) is 12.1. The first-order chi connectivity index (χ1) is 17.4. The molecule has 2 N–H and O–H groups in total. The predicted molar refractivity (Wildman–Crippen MR) is 146 cm³/mol. The summed E-state index contributed by atoms with van der Waals surface area (Å²) in [5, 5.41) is 8.64. The molecule has 0 spiro atoms. The maximum atomic E-state index is 12.6. The number of nitrogen functional groups attached to an aromatic ring is 1. The summed E-state index contributed by atoms with van der Waals surface area (Å²) in [7, 11) is 1.79. The summed E-state index contributed by atoms with van der Waals surface area (Å²) in [6.45, 7) is 12.4. The van der Waals surface area contributed by atoms with Gasteiger partial charge in [-0.3, -0.25) is 14.5 Å². The van der Waals surface area contributed by atoms with Crippen molar-refractivity contribution in [3.05, 3.63) is 54.5 Å². The van der Waals surface area contributed by atoms with E-state index in [1.54, 1.807) is 41.4 Å². The summed E-state index contributed by atoms with van der Waals surface area (Å²) in [6, 6.07) is 3.92. The van der Waals surface area contributed by atoms with Crippen molar-refractivity contribution in [2.24, 2.45) is 5.92 Å². The van der Waals surface area contributed by atoms with Crippen LogP contribution in [0.5, 0.6) is 0 Å². The molecule has 0 fully saturated rings. The molecule has 11 heteroatoms. The number of carbonyl (C=O) groups is 1. The van der Waals surface area contributed by atoms with Gasteiger partial charge in [0.2, 0.25) is 11.9 Å². The number of likely N-dealkylation sites (N-methyl/N-ethyl adjacent to an activating group) is 1. The van der Waals surface area contributed by atoms with Gasteiger partial charge in [-0.2, -0.15) is 10.1 Å². The molecule has 11 nitrogen and oxygen atoms in total. The van der Waals surface area contributed by atoms with Gasteiger partial charge in [0.1, 0.15) is 6.54 Å². The molecule has 1 amide bonds. The Kier molecular flexibility index (Phi) is 7.99. The van der Waals surface area contributed by atoms with Gasteiger partial charge in [-0.15, -0.1) is 0 Å². The zero-order valence-electron chi connectivity index (χ0n) is 22.3. The number of aromatic nitrogens is 7. The lowest BCUT2D eigenvalue weighted by Crippen LogP contribution is -2.44. The number of amides is 1. The summed E-state index contributed by atoms with van der Waals surface area (Å²) in [5.41, 5.74) is 7.86. The van der Waals surface area contributed by atoms with Crippen LogP contribution in [0, 0.1) is 5.92 Å². The third kappa shape index (κ3) is 5.56. The summed E-state index contributed by atoms with van der Waals surface area (Å²) in [6.07, 6.45) is 8.47. The first-order valence-corrected chi connectivity index (χ1v) is 12.1. The molecule has 0 aliphatic carbocycles. The van der Waals surface area contributed by atoms with Gasteiger partial charge in [-0.25, -0.2) is 9.97 Å². The van der Waals surface area contributed by atoms with E-state index in [2.05, 4.69) is 46.0 Å². The van der Waals surface area contributed by atoms with E-state index in [9.17, 15) is 4.79 Å². The van der Waals surface area contributed by atoms with E-state index >= 15 is 0 Å². The van der Waals surface area contributed by atoms with Crippen LogP contribution in [-0.4, -0.2) is 58.3 Å². The molecular weight excluding hydrogens is 482 g/mol. The van der Waals surface area contributed by atoms with E-state index in [1.165, 1.54) is 0 Å². The summed E-state index contributed by atoms with van der Waals surface area (Å²) < 4.78 is 7.21. The van der Waals surface area contributed by atoms with Gasteiger partial charge in [0.15, 0.2) is 5.82 Å². The van der Waals surface area contributed by atoms with Gasteiger partial charge in [-0.05, 0) is 45.2 Å². The van der Waals surface area contributed by atoms with Crippen LogP contribution in [0.2, 0.25) is 0 Å². The number of nitrogens with zero attached hydrogens (tertiary/aromatic N) is 8. The quantitative estimate of drug-likeness (QED) is 0.380. The number of anilines is 1. The molecule has 38 heavy (non-hydrogen) atoms. The van der Waals surface area contributed by atoms with Crippen molar-refractivity contribution in [1.29, 1.82) is 0 Å². The van der Waals surface area contributed by atoms with Crippen molar-refractivity contribution in [2.75, 3.05) is 12.8 Å². The minimum Gasteiger partial charge on any atom is -0.368 e. The zero-order chi connectivity index (χ0) is 27.0. The van der Waals surface area contributed by atoms with Crippen molar-refractivity contribution in [3.63, 3.8) is 0 Å². The molecular formula is C27H37N9O2. The summed E-state index contributed by atoms with van der Waals surface area (Å²) in [4.78, 5) is 31.7. The fourth-order valence-corrected chi connectivity index (χ4v) is 3.79. The van der Waals surface area contributed by atoms with Gasteiger partial charge in [-0.1, -0.05) is 32.5 Å². The molecule has 4 aromatic rings. The molecule has 202 valence electrons. The number of nitrogens with two attached hydrogens (primary N) is 1. The Hall–Kier alpha value is -4.15. The minimum atomic E-state index is -0.563. The van der Waals surface area contributed by atoms with Crippen LogP contribution in [0.25, 0.3) is 22.7 Å². The third-order valence-corrected chi connectivity index (χ3v) is 6.93. The van der Waals surface area contributed by atoms with Crippen molar-refractivity contribution in [3.8, 4) is 22.7 Å². The Morgan fingerprint density at radius 2 is 1.74 bits per heavy atom. The van der Waals surface area contributed by atoms with Crippen LogP contribution in [0.1, 0.15) is 60.4 Å². The molecule has 4 rings (SSSR count). The van der Waals surface area contributed by atoms with E-state index in [0.717, 1.165) is 16.8 Å². The molecule has 1 atom stereocenters. The lowest BCUT2D eigenvalue weighted by Gasteiger charge is -2.31. The Balaban J connectivity index is 0.00000400. The SMILES string of the molecule is C.CC(C)[C@](C)(c1ccc(-c2cnc(N)nc2)nc1)c1noc(-c2cnn(CC(=O)N(C)C(C)(C)C)c2)n1. The van der Waals surface area contributed by atoms with Crippen LogP contribution in [0.15, 0.2) is 47.6 Å². The van der Waals surface area contributed by atoms with Crippen LogP contribution in [0.3, 0.4) is 0 Å². The minimum absolute atomic E-state index is 0. The normalized spacial score (nSPS) is 13.2. The number of rotatable bonds is 7. The van der Waals surface area contributed by atoms with Crippen LogP contribution in [0.4, 0.5) is 5.95 Å². The molecule has 0 saturated heterocycles. The molecule has 4 heterocycles. The average Bonchev–Trinajstić information content (AvgIpc) is 3.53. The standard InChI is InChI=1S/C26H33N9O2.CH4/c1-16(2)26(6,19-8-9-20(28-13-19)17-10-29-24(27)30-11-17)23-32-22(37-33-23)18-12-31-35(14-18)15-21(36)34(7)25(3,4)5;/h8-14,16H,15H2,1-7H3,(H2,27,29,30);1H4/t26-;/m1./s1. The van der Waals surface area contributed by atoms with Gasteiger partial charge in [0, 0.05) is 42.9 Å². The highest BCUT2D eigenvalue weighted by Gasteiger charge is 2.38. The van der Waals surface area contributed by atoms with Crippen LogP contribution < -0.4 is 5.73 Å². The molecule has 0 bridgehead atoms. The Morgan fingerprint density at radius 3 is 2.32 bits per heavy atom. The zero-order valence-corrected chi connectivity index (χ0v) is 22.3. The lowest BCUT2D eigenvalue weighted by molar-refractivity contribution is -0.134. The number of carbonyl (C=O) groups excluding carboxylic acids is 1. The van der Waals surface area contributed by atoms with E-state index in [-0.39, 0.29) is 37.3 Å². The van der Waals surface area contributed by atoms with E-state index in [4.69, 9.17) is 15.2 Å². The van der Waals surface area contributed by atoms with Gasteiger partial charge < -0.3 is 15.2 Å². The van der Waals surface area contributed by atoms with Gasteiger partial charge in [0.25, 0.3) is 5.89 Å². The third-order valence-electron chi connectivity index (χ3n) is 6.93. The average molecular weight is 520 g/mol. The largest absolute Gasteiger partial charge is 0.368 e. The molecule has 0 radical (unpaired) electrons. The van der Waals surface area contributed by atoms with Gasteiger partial charge in [0.05, 0.1) is 22.9 Å². The highest BCUT2D eigenvalue weighted by Crippen LogP contribution is 2.38. The molecule has 4 aromatic heterocycles. The Morgan fingerprint density at radius 1 is 1.05 bits per heavy atom. The Labute approximate surface area is 223 Å². The fraction of sp³-hybridized carbons (Fsp3) is 0.444. The fourth-order valence-electron chi connectivity index (χ4n) is 3.79. The van der Waals surface area contributed by atoms with E-state index in [0.29, 0.717) is 17.3 Å². The number of hydrogen-bond donors (Lipinski definition) is 1. The predicted octanol–water partition coefficient (Wildman–Crippen LogP) is 4.22. The van der Waals surface area contributed by atoms with Crippen molar-refractivity contribution < 1.29 is 9.32 Å². The topological polar surface area (TPSA) is 142 Å². The maximum Gasteiger partial charge on any atom is 0.261 e. The Bertz CT molecular complexity index is 1370. The van der Waals surface area contributed by atoms with Crippen molar-refractivity contribution in [1.82, 2.24) is 39.8 Å². The van der Waals surface area contributed by atoms with Crippen molar-refractivity contribution >= 4 is 11.9 Å². The lowest BCUT2D eigenvalue weighted by atomic mass is 9.73. The van der Waals surface area contributed by atoms with E-state index < -0.39 is 5.41 Å². The maximum absolute atomic E-state index is 12.6. The highest BCUT2D eigenvalue weighted by atomic mass is 16.5. The van der Waals surface area contributed by atoms with Crippen LogP contribution >= 0.6 is 0 Å². The molecule has 0 aliphatic rings. The molecule has 0 aliphatic heterocycles. The first kappa shape index (κ1) is 28.4. The second-order valence-electron chi connectivity index (χ2n) is 10.6.